The summed E-state index contributed by atoms with van der Waals surface area (Å²) in [6.45, 7) is 5.97. The minimum atomic E-state index is -2.92. The first kappa shape index (κ1) is 25.0. The molecule has 3 heterocycles. The molecule has 34 heavy (non-hydrogen) atoms. The van der Waals surface area contributed by atoms with Crippen LogP contribution in [0.3, 0.4) is 0 Å². The third-order valence-corrected chi connectivity index (χ3v) is 8.22. The Bertz CT molecular complexity index is 896. The highest BCUT2D eigenvalue weighted by molar-refractivity contribution is 7.91. The Labute approximate surface area is 201 Å². The summed E-state index contributed by atoms with van der Waals surface area (Å²) in [4.78, 5) is 24.6. The lowest BCUT2D eigenvalue weighted by Gasteiger charge is -2.35. The Hall–Kier alpha value is -2.14. The van der Waals surface area contributed by atoms with E-state index in [1.54, 1.807) is 17.3 Å². The molecule has 2 saturated heterocycles. The summed E-state index contributed by atoms with van der Waals surface area (Å²) < 4.78 is 40.8. The van der Waals surface area contributed by atoms with Crippen LogP contribution in [0.5, 0.6) is 5.88 Å². The fourth-order valence-corrected chi connectivity index (χ4v) is 5.86. The van der Waals surface area contributed by atoms with Crippen molar-refractivity contribution in [2.75, 3.05) is 42.6 Å². The van der Waals surface area contributed by atoms with Gasteiger partial charge >= 0.3 is 6.09 Å². The minimum absolute atomic E-state index is 0.0905. The van der Waals surface area contributed by atoms with E-state index in [2.05, 4.69) is 9.97 Å². The summed E-state index contributed by atoms with van der Waals surface area (Å²) in [6.07, 6.45) is 8.82. The van der Waals surface area contributed by atoms with E-state index < -0.39 is 9.84 Å². The zero-order chi connectivity index (χ0) is 24.1. The van der Waals surface area contributed by atoms with Gasteiger partial charge in [-0.25, -0.2) is 23.2 Å². The Morgan fingerprint density at radius 1 is 0.912 bits per heavy atom. The van der Waals surface area contributed by atoms with E-state index in [1.807, 2.05) is 18.7 Å². The van der Waals surface area contributed by atoms with Crippen molar-refractivity contribution < 1.29 is 27.4 Å². The predicted octanol–water partition coefficient (Wildman–Crippen LogP) is 2.43. The summed E-state index contributed by atoms with van der Waals surface area (Å²) in [5, 5.41) is 0. The molecule has 0 N–H and O–H groups in total. The quantitative estimate of drug-likeness (QED) is 0.586. The normalized spacial score (nSPS) is 25.9. The first-order valence-electron chi connectivity index (χ1n) is 12.3. The predicted molar refractivity (Wildman–Crippen MR) is 127 cm³/mol. The maximum atomic E-state index is 12.0. The third-order valence-electron chi connectivity index (χ3n) is 6.61. The number of nitrogens with zero attached hydrogens (tertiary/aromatic N) is 4. The van der Waals surface area contributed by atoms with Crippen LogP contribution in [-0.2, 0) is 19.3 Å². The largest absolute Gasteiger partial charge is 0.473 e. The molecule has 0 atom stereocenters. The second-order valence-corrected chi connectivity index (χ2v) is 11.9. The molecule has 4 rings (SSSR count). The fraction of sp³-hybridized carbons (Fsp3) is 0.783. The molecule has 3 aliphatic rings. The van der Waals surface area contributed by atoms with Gasteiger partial charge < -0.3 is 24.0 Å². The number of ether oxygens (including phenoxy) is 3. The zero-order valence-electron chi connectivity index (χ0n) is 20.1. The van der Waals surface area contributed by atoms with E-state index in [-0.39, 0.29) is 42.0 Å². The second-order valence-electron chi connectivity index (χ2n) is 9.62. The first-order chi connectivity index (χ1) is 16.3. The van der Waals surface area contributed by atoms with Crippen molar-refractivity contribution >= 4 is 21.7 Å². The Kier molecular flexibility index (Phi) is 8.13. The van der Waals surface area contributed by atoms with Crippen molar-refractivity contribution in [2.45, 2.75) is 76.8 Å². The van der Waals surface area contributed by atoms with E-state index in [9.17, 15) is 13.2 Å². The smallest absolute Gasteiger partial charge is 0.410 e. The number of hydrogen-bond donors (Lipinski definition) is 0. The van der Waals surface area contributed by atoms with E-state index in [0.29, 0.717) is 37.9 Å². The molecule has 3 fully saturated rings. The van der Waals surface area contributed by atoms with Crippen LogP contribution < -0.4 is 9.64 Å². The number of anilines is 1. The van der Waals surface area contributed by atoms with Gasteiger partial charge in [0.15, 0.2) is 9.84 Å². The van der Waals surface area contributed by atoms with Gasteiger partial charge in [0.05, 0.1) is 42.2 Å². The van der Waals surface area contributed by atoms with Crippen LogP contribution in [0.1, 0.15) is 52.4 Å². The van der Waals surface area contributed by atoms with E-state index >= 15 is 0 Å². The third kappa shape index (κ3) is 6.94. The number of carbonyl (C=O) groups excluding carboxylic acids is 1. The lowest BCUT2D eigenvalue weighted by atomic mass is 9.94. The molecule has 0 aromatic carbocycles. The van der Waals surface area contributed by atoms with Gasteiger partial charge in [-0.1, -0.05) is 0 Å². The van der Waals surface area contributed by atoms with Gasteiger partial charge in [0.25, 0.3) is 0 Å². The number of carbonyl (C=O) groups is 1. The van der Waals surface area contributed by atoms with Crippen LogP contribution in [0.15, 0.2) is 12.4 Å². The average Bonchev–Trinajstić information content (AvgIpc) is 2.81. The van der Waals surface area contributed by atoms with Crippen molar-refractivity contribution in [3.05, 3.63) is 12.4 Å². The van der Waals surface area contributed by atoms with E-state index in [0.717, 1.165) is 38.5 Å². The van der Waals surface area contributed by atoms with E-state index in [1.165, 1.54) is 0 Å². The van der Waals surface area contributed by atoms with Crippen LogP contribution in [0, 0.1) is 0 Å². The van der Waals surface area contributed by atoms with Crippen molar-refractivity contribution in [3.63, 3.8) is 0 Å². The van der Waals surface area contributed by atoms with Gasteiger partial charge in [-0.3, -0.25) is 0 Å². The van der Waals surface area contributed by atoms with Gasteiger partial charge in [0.2, 0.25) is 5.88 Å². The van der Waals surface area contributed by atoms with Crippen LogP contribution in [0.4, 0.5) is 10.6 Å². The first-order valence-corrected chi connectivity index (χ1v) is 14.1. The number of rotatable bonds is 6. The summed E-state index contributed by atoms with van der Waals surface area (Å²) in [5.74, 6) is 1.49. The van der Waals surface area contributed by atoms with Crippen LogP contribution in [-0.4, -0.2) is 91.5 Å². The molecular weight excluding hydrogens is 460 g/mol. The van der Waals surface area contributed by atoms with Gasteiger partial charge in [0, 0.05) is 26.2 Å². The van der Waals surface area contributed by atoms with Gasteiger partial charge in [0.1, 0.15) is 11.9 Å². The van der Waals surface area contributed by atoms with Crippen molar-refractivity contribution in [3.8, 4) is 5.88 Å². The molecular formula is C23H36N4O6S. The van der Waals surface area contributed by atoms with Crippen LogP contribution in [0.2, 0.25) is 0 Å². The fourth-order valence-electron chi connectivity index (χ4n) is 4.65. The number of hydrogen-bond acceptors (Lipinski definition) is 9. The Morgan fingerprint density at radius 2 is 1.53 bits per heavy atom. The number of aromatic nitrogens is 2. The molecule has 11 heteroatoms. The summed E-state index contributed by atoms with van der Waals surface area (Å²) in [5.41, 5.74) is 0. The molecule has 10 nitrogen and oxygen atoms in total. The average molecular weight is 497 g/mol. The highest BCUT2D eigenvalue weighted by Crippen LogP contribution is 2.28. The molecule has 0 bridgehead atoms. The Morgan fingerprint density at radius 3 is 2.12 bits per heavy atom. The van der Waals surface area contributed by atoms with Gasteiger partial charge in [-0.05, 0) is 52.4 Å². The van der Waals surface area contributed by atoms with Crippen molar-refractivity contribution in [2.24, 2.45) is 0 Å². The zero-order valence-corrected chi connectivity index (χ0v) is 20.9. The number of sulfone groups is 1. The topological polar surface area (TPSA) is 111 Å². The maximum Gasteiger partial charge on any atom is 0.410 e. The lowest BCUT2D eigenvalue weighted by molar-refractivity contribution is -0.0659. The van der Waals surface area contributed by atoms with Gasteiger partial charge in [-0.15, -0.1) is 0 Å². The lowest BCUT2D eigenvalue weighted by Crippen LogP contribution is -2.43. The number of amides is 1. The Balaban J connectivity index is 1.15. The molecule has 1 saturated carbocycles. The molecule has 0 spiro atoms. The molecule has 2 aliphatic heterocycles. The summed E-state index contributed by atoms with van der Waals surface area (Å²) in [7, 11) is -2.92. The summed E-state index contributed by atoms with van der Waals surface area (Å²) >= 11 is 0. The van der Waals surface area contributed by atoms with Crippen LogP contribution >= 0.6 is 0 Å². The van der Waals surface area contributed by atoms with Crippen LogP contribution in [0.25, 0.3) is 0 Å². The highest BCUT2D eigenvalue weighted by atomic mass is 32.2. The summed E-state index contributed by atoms with van der Waals surface area (Å²) in [6, 6.07) is 0. The molecule has 1 aromatic rings. The molecule has 1 amide bonds. The monoisotopic (exact) mass is 496 g/mol. The molecule has 190 valence electrons. The maximum absolute atomic E-state index is 12.0. The highest BCUT2D eigenvalue weighted by Gasteiger charge is 2.29. The van der Waals surface area contributed by atoms with Crippen molar-refractivity contribution in [1.82, 2.24) is 14.9 Å². The van der Waals surface area contributed by atoms with E-state index in [4.69, 9.17) is 14.2 Å². The number of piperidine rings is 1. The second kappa shape index (κ2) is 11.1. The minimum Gasteiger partial charge on any atom is -0.473 e. The standard InChI is InChI=1S/C23H36N4O6S/c1-17(2)31-23(28)27-9-7-20(8-10-27)32-18-3-5-19(6-4-18)33-22-16-24-21(15-25-22)26-11-13-34(29,30)14-12-26/h15-20H,3-14H2,1-2H3/t18-,19-. The molecule has 1 aliphatic carbocycles. The molecule has 0 unspecified atom stereocenters. The van der Waals surface area contributed by atoms with Gasteiger partial charge in [-0.2, -0.15) is 0 Å². The SMILES string of the molecule is CC(C)OC(=O)N1CCC(O[C@H]2CC[C@H](Oc3cnc(N4CCS(=O)(=O)CC4)cn3)CC2)CC1. The van der Waals surface area contributed by atoms with Crippen molar-refractivity contribution in [1.29, 1.82) is 0 Å². The molecule has 0 radical (unpaired) electrons. The molecule has 1 aromatic heterocycles. The number of likely N-dealkylation sites (tertiary alicyclic amines) is 1.